The Morgan fingerprint density at radius 1 is 1.35 bits per heavy atom. The average molecular weight is 361 g/mol. The second-order valence-electron chi connectivity index (χ2n) is 6.74. The molecule has 0 aromatic heterocycles. The molecule has 2 heterocycles. The first-order valence-corrected chi connectivity index (χ1v) is 9.15. The molecule has 26 heavy (non-hydrogen) atoms. The number of dihydropyridines is 1. The SMILES string of the molecule is CCOC1=CC=NC2=[N+](C)C(=O)N(CC(=O)NC3CCCCC3)C(=O)C12. The zero-order valence-corrected chi connectivity index (χ0v) is 15.2. The lowest BCUT2D eigenvalue weighted by molar-refractivity contribution is -0.408. The largest absolute Gasteiger partial charge is 0.497 e. The van der Waals surface area contributed by atoms with E-state index in [1.54, 1.807) is 13.1 Å². The van der Waals surface area contributed by atoms with Gasteiger partial charge in [-0.2, -0.15) is 9.48 Å². The predicted octanol–water partition coefficient (Wildman–Crippen LogP) is 1.06. The molecular weight excluding hydrogens is 336 g/mol. The third kappa shape index (κ3) is 3.54. The summed E-state index contributed by atoms with van der Waals surface area (Å²) >= 11 is 0. The molecule has 3 aliphatic rings. The molecule has 0 radical (unpaired) electrons. The van der Waals surface area contributed by atoms with Gasteiger partial charge in [0.1, 0.15) is 12.0 Å². The predicted molar refractivity (Wildman–Crippen MR) is 95.0 cm³/mol. The van der Waals surface area contributed by atoms with Gasteiger partial charge >= 0.3 is 11.9 Å². The Bertz CT molecular complexity index is 704. The van der Waals surface area contributed by atoms with Crippen LogP contribution in [0.25, 0.3) is 0 Å². The lowest BCUT2D eigenvalue weighted by Crippen LogP contribution is -2.57. The zero-order valence-electron chi connectivity index (χ0n) is 15.2. The van der Waals surface area contributed by atoms with E-state index in [0.29, 0.717) is 18.2 Å². The highest BCUT2D eigenvalue weighted by Gasteiger charge is 2.50. The van der Waals surface area contributed by atoms with Gasteiger partial charge in [-0.3, -0.25) is 9.59 Å². The number of nitrogens with zero attached hydrogens (tertiary/aromatic N) is 3. The van der Waals surface area contributed by atoms with Gasteiger partial charge in [-0.25, -0.2) is 4.79 Å². The van der Waals surface area contributed by atoms with Crippen molar-refractivity contribution < 1.29 is 23.7 Å². The molecule has 0 aromatic carbocycles. The Morgan fingerprint density at radius 2 is 2.08 bits per heavy atom. The summed E-state index contributed by atoms with van der Waals surface area (Å²) in [7, 11) is 1.55. The van der Waals surface area contributed by atoms with Crippen molar-refractivity contribution >= 4 is 29.9 Å². The summed E-state index contributed by atoms with van der Waals surface area (Å²) in [5.74, 6) is -0.797. The van der Waals surface area contributed by atoms with Gasteiger partial charge in [-0.15, -0.1) is 4.99 Å². The van der Waals surface area contributed by atoms with Gasteiger partial charge in [0.05, 0.1) is 13.7 Å². The van der Waals surface area contributed by atoms with Crippen LogP contribution in [0, 0.1) is 5.92 Å². The molecule has 8 heteroatoms. The Hall–Kier alpha value is -2.51. The third-order valence-electron chi connectivity index (χ3n) is 4.95. The van der Waals surface area contributed by atoms with Crippen LogP contribution in [-0.4, -0.2) is 65.6 Å². The summed E-state index contributed by atoms with van der Waals surface area (Å²) in [6, 6.07) is -0.417. The fourth-order valence-electron chi connectivity index (χ4n) is 3.63. The van der Waals surface area contributed by atoms with Gasteiger partial charge in [0.2, 0.25) is 0 Å². The number of allylic oxidation sites excluding steroid dienone is 1. The second-order valence-corrected chi connectivity index (χ2v) is 6.74. The van der Waals surface area contributed by atoms with Crippen LogP contribution in [0.2, 0.25) is 0 Å². The molecule has 3 rings (SSSR count). The lowest BCUT2D eigenvalue weighted by Gasteiger charge is -2.29. The first kappa shape index (κ1) is 18.3. The number of urea groups is 1. The third-order valence-corrected chi connectivity index (χ3v) is 4.95. The van der Waals surface area contributed by atoms with E-state index >= 15 is 0 Å². The van der Waals surface area contributed by atoms with Gasteiger partial charge in [-0.05, 0) is 19.8 Å². The number of amidine groups is 1. The lowest BCUT2D eigenvalue weighted by atomic mass is 9.95. The minimum Gasteiger partial charge on any atom is -0.497 e. The van der Waals surface area contributed by atoms with Crippen LogP contribution in [0.15, 0.2) is 16.8 Å². The van der Waals surface area contributed by atoms with E-state index in [-0.39, 0.29) is 18.5 Å². The van der Waals surface area contributed by atoms with Crippen LogP contribution >= 0.6 is 0 Å². The van der Waals surface area contributed by atoms with E-state index in [9.17, 15) is 14.4 Å². The van der Waals surface area contributed by atoms with Crippen LogP contribution in [0.4, 0.5) is 4.79 Å². The summed E-state index contributed by atoms with van der Waals surface area (Å²) in [5.41, 5.74) is 0. The van der Waals surface area contributed by atoms with Gasteiger partial charge in [0, 0.05) is 12.1 Å². The van der Waals surface area contributed by atoms with Crippen LogP contribution in [0.1, 0.15) is 39.0 Å². The van der Waals surface area contributed by atoms with Gasteiger partial charge in [0.15, 0.2) is 12.5 Å². The van der Waals surface area contributed by atoms with Crippen molar-refractivity contribution in [2.24, 2.45) is 10.9 Å². The molecule has 1 saturated carbocycles. The molecule has 4 amide bonds. The van der Waals surface area contributed by atoms with Crippen molar-refractivity contribution in [3.63, 3.8) is 0 Å². The fraction of sp³-hybridized carbons (Fsp3) is 0.611. The van der Waals surface area contributed by atoms with Crippen molar-refractivity contribution in [3.8, 4) is 0 Å². The van der Waals surface area contributed by atoms with E-state index in [2.05, 4.69) is 10.3 Å². The molecule has 140 valence electrons. The summed E-state index contributed by atoms with van der Waals surface area (Å²) in [4.78, 5) is 43.0. The number of imide groups is 1. The topological polar surface area (TPSA) is 91.1 Å². The standard InChI is InChI=1S/C18H24N4O4/c1-3-26-13-9-10-19-16-15(13)17(24)22(18(25)21(16)2)11-14(23)20-12-7-5-4-6-8-12/h9-10,12,15H,3-8,11H2,1-2H3/p+1. The molecule has 1 fully saturated rings. The summed E-state index contributed by atoms with van der Waals surface area (Å²) < 4.78 is 6.85. The number of carbonyl (C=O) groups is 3. The number of aliphatic imine (C=N–C) groups is 1. The first-order chi connectivity index (χ1) is 12.5. The maximum absolute atomic E-state index is 12.9. The maximum Gasteiger partial charge on any atom is 0.446 e. The van der Waals surface area contributed by atoms with Gasteiger partial charge in [0.25, 0.3) is 11.7 Å². The van der Waals surface area contributed by atoms with Crippen molar-refractivity contribution in [1.29, 1.82) is 0 Å². The Balaban J connectivity index is 1.76. The smallest absolute Gasteiger partial charge is 0.446 e. The number of nitrogens with one attached hydrogen (secondary N) is 1. The number of amides is 4. The van der Waals surface area contributed by atoms with E-state index in [4.69, 9.17) is 4.74 Å². The van der Waals surface area contributed by atoms with E-state index in [1.807, 2.05) is 6.92 Å². The molecule has 1 unspecified atom stereocenters. The first-order valence-electron chi connectivity index (χ1n) is 9.15. The number of carbonyl (C=O) groups excluding carboxylic acids is 3. The Morgan fingerprint density at radius 3 is 2.77 bits per heavy atom. The molecule has 1 N–H and O–H groups in total. The summed E-state index contributed by atoms with van der Waals surface area (Å²) in [5, 5.41) is 2.94. The normalized spacial score (nSPS) is 23.7. The maximum atomic E-state index is 12.9. The van der Waals surface area contributed by atoms with Crippen molar-refractivity contribution in [3.05, 3.63) is 11.8 Å². The number of hydrogen-bond acceptors (Lipinski definition) is 5. The van der Waals surface area contributed by atoms with Crippen molar-refractivity contribution in [2.45, 2.75) is 45.1 Å². The molecule has 0 spiro atoms. The van der Waals surface area contributed by atoms with E-state index < -0.39 is 17.9 Å². The minimum absolute atomic E-state index is 0.129. The van der Waals surface area contributed by atoms with Crippen molar-refractivity contribution in [2.75, 3.05) is 20.2 Å². The summed E-state index contributed by atoms with van der Waals surface area (Å²) in [6.07, 6.45) is 8.40. The number of ether oxygens (including phenoxy) is 1. The van der Waals surface area contributed by atoms with Crippen LogP contribution in [-0.2, 0) is 14.3 Å². The van der Waals surface area contributed by atoms with Crippen LogP contribution in [0.3, 0.4) is 0 Å². The highest BCUT2D eigenvalue weighted by Crippen LogP contribution is 2.25. The molecule has 0 bridgehead atoms. The van der Waals surface area contributed by atoms with Crippen LogP contribution in [0.5, 0.6) is 0 Å². The summed E-state index contributed by atoms with van der Waals surface area (Å²) in [6.45, 7) is 1.94. The van der Waals surface area contributed by atoms with E-state index in [0.717, 1.165) is 30.6 Å². The average Bonchev–Trinajstić information content (AvgIpc) is 2.64. The monoisotopic (exact) mass is 361 g/mol. The van der Waals surface area contributed by atoms with Gasteiger partial charge in [-0.1, -0.05) is 19.3 Å². The molecular formula is C18H25N4O4+. The Kier molecular flexibility index (Phi) is 5.49. The molecule has 8 nitrogen and oxygen atoms in total. The number of rotatable bonds is 5. The van der Waals surface area contributed by atoms with E-state index in [1.165, 1.54) is 17.2 Å². The Labute approximate surface area is 152 Å². The molecule has 1 aliphatic carbocycles. The van der Waals surface area contributed by atoms with Gasteiger partial charge < -0.3 is 10.1 Å². The number of hydrogen-bond donors (Lipinski definition) is 1. The molecule has 2 aliphatic heterocycles. The molecule has 0 aromatic rings. The second kappa shape index (κ2) is 7.80. The number of fused-ring (bicyclic) bond motifs is 1. The highest BCUT2D eigenvalue weighted by molar-refractivity contribution is 6.16. The fourth-order valence-corrected chi connectivity index (χ4v) is 3.63. The molecule has 0 saturated heterocycles. The zero-order chi connectivity index (χ0) is 18.7. The van der Waals surface area contributed by atoms with Crippen LogP contribution < -0.4 is 5.32 Å². The van der Waals surface area contributed by atoms with Crippen molar-refractivity contribution in [1.82, 2.24) is 10.2 Å². The highest BCUT2D eigenvalue weighted by atomic mass is 16.5. The molecule has 1 atom stereocenters. The quantitative estimate of drug-likeness (QED) is 0.741. The minimum atomic E-state index is -0.787.